The van der Waals surface area contributed by atoms with E-state index in [1.165, 1.54) is 18.2 Å². The van der Waals surface area contributed by atoms with Gasteiger partial charge in [-0.3, -0.25) is 4.79 Å². The number of aromatic nitrogens is 1. The smallest absolute Gasteiger partial charge is 0.274 e. The molecule has 1 heterocycles. The minimum Gasteiger partial charge on any atom is -0.504 e. The lowest BCUT2D eigenvalue weighted by atomic mass is 10.2. The summed E-state index contributed by atoms with van der Waals surface area (Å²) in [6, 6.07) is 7.03. The van der Waals surface area contributed by atoms with Crippen molar-refractivity contribution < 1.29 is 19.4 Å². The minimum atomic E-state index is -0.612. The first-order valence-corrected chi connectivity index (χ1v) is 7.46. The summed E-state index contributed by atoms with van der Waals surface area (Å²) in [5.41, 5.74) is 0.981. The van der Waals surface area contributed by atoms with Crippen molar-refractivity contribution in [3.05, 3.63) is 53.1 Å². The number of halogens is 1. The van der Waals surface area contributed by atoms with Crippen LogP contribution in [0, 0.1) is 5.82 Å². The molecule has 2 rings (SSSR count). The molecule has 1 amide bonds. The molecule has 0 aliphatic carbocycles. The van der Waals surface area contributed by atoms with Gasteiger partial charge >= 0.3 is 0 Å². The summed E-state index contributed by atoms with van der Waals surface area (Å²) in [7, 11) is 3.80. The number of carbonyl (C=O) groups excluding carboxylic acids is 1. The summed E-state index contributed by atoms with van der Waals surface area (Å²) in [6.45, 7) is 0.844. The third-order valence-electron chi connectivity index (χ3n) is 3.42. The highest BCUT2D eigenvalue weighted by Crippen LogP contribution is 2.28. The first-order valence-electron chi connectivity index (χ1n) is 7.46. The van der Waals surface area contributed by atoms with Gasteiger partial charge in [-0.25, -0.2) is 9.37 Å². The third-order valence-corrected chi connectivity index (χ3v) is 3.42. The largest absolute Gasteiger partial charge is 0.504 e. The zero-order valence-corrected chi connectivity index (χ0v) is 13.6. The molecule has 7 heteroatoms. The Balaban J connectivity index is 2.10. The van der Waals surface area contributed by atoms with Crippen molar-refractivity contribution in [2.24, 2.45) is 0 Å². The average Bonchev–Trinajstić information content (AvgIpc) is 2.55. The summed E-state index contributed by atoms with van der Waals surface area (Å²) in [4.78, 5) is 18.3. The van der Waals surface area contributed by atoms with E-state index in [0.29, 0.717) is 24.2 Å². The second-order valence-electron chi connectivity index (χ2n) is 5.69. The fourth-order valence-corrected chi connectivity index (χ4v) is 2.07. The highest BCUT2D eigenvalue weighted by Gasteiger charge is 2.18. The van der Waals surface area contributed by atoms with Crippen LogP contribution in [0.15, 0.2) is 30.3 Å². The van der Waals surface area contributed by atoms with Crippen molar-refractivity contribution in [2.45, 2.75) is 13.0 Å². The number of pyridine rings is 1. The van der Waals surface area contributed by atoms with Gasteiger partial charge in [-0.15, -0.1) is 0 Å². The van der Waals surface area contributed by atoms with Crippen molar-refractivity contribution in [1.82, 2.24) is 15.2 Å². The third kappa shape index (κ3) is 4.66. The molecule has 0 fully saturated rings. The lowest BCUT2D eigenvalue weighted by Crippen LogP contribution is -2.24. The van der Waals surface area contributed by atoms with E-state index in [2.05, 4.69) is 10.3 Å². The molecule has 0 radical (unpaired) electrons. The zero-order valence-electron chi connectivity index (χ0n) is 13.6. The standard InChI is InChI=1S/C17H20FN3O3/c1-21(2)8-7-13-9-14(22)16(23)15(20-13)17(24)19-10-11-3-5-12(18)6-4-11/h3-6,9,23H,7-8,10H2,1-2H3,(H,19,24)(H,20,22). The van der Waals surface area contributed by atoms with Crippen molar-refractivity contribution in [3.63, 3.8) is 0 Å². The van der Waals surface area contributed by atoms with Crippen LogP contribution in [0.3, 0.4) is 0 Å². The first kappa shape index (κ1) is 17.7. The molecule has 6 nitrogen and oxygen atoms in total. The summed E-state index contributed by atoms with van der Waals surface area (Å²) in [5.74, 6) is -1.91. The molecule has 3 N–H and O–H groups in total. The first-order chi connectivity index (χ1) is 11.4. The van der Waals surface area contributed by atoms with Crippen molar-refractivity contribution in [2.75, 3.05) is 20.6 Å². The summed E-state index contributed by atoms with van der Waals surface area (Å²) < 4.78 is 12.9. The Hall–Kier alpha value is -2.67. The Morgan fingerprint density at radius 2 is 1.92 bits per heavy atom. The van der Waals surface area contributed by atoms with Crippen LogP contribution in [0.5, 0.6) is 11.5 Å². The minimum absolute atomic E-state index is 0.156. The summed E-state index contributed by atoms with van der Waals surface area (Å²) in [5, 5.41) is 22.2. The van der Waals surface area contributed by atoms with E-state index in [0.717, 1.165) is 0 Å². The van der Waals surface area contributed by atoms with E-state index in [1.54, 1.807) is 12.1 Å². The van der Waals surface area contributed by atoms with E-state index in [1.807, 2.05) is 19.0 Å². The molecule has 0 saturated carbocycles. The molecule has 0 spiro atoms. The molecule has 1 aromatic heterocycles. The number of nitrogens with zero attached hydrogens (tertiary/aromatic N) is 2. The van der Waals surface area contributed by atoms with Gasteiger partial charge in [-0.05, 0) is 31.8 Å². The normalized spacial score (nSPS) is 10.8. The number of likely N-dealkylation sites (N-methyl/N-ethyl adjacent to an activating group) is 1. The predicted octanol–water partition coefficient (Wildman–Crippen LogP) is 1.67. The SMILES string of the molecule is CN(C)CCc1cc(O)c(O)c(C(=O)NCc2ccc(F)cc2)n1. The molecular formula is C17H20FN3O3. The van der Waals surface area contributed by atoms with E-state index in [4.69, 9.17) is 0 Å². The van der Waals surface area contributed by atoms with Crippen LogP contribution >= 0.6 is 0 Å². The Kier molecular flexibility index (Phi) is 5.70. The number of rotatable bonds is 6. The van der Waals surface area contributed by atoms with Gasteiger partial charge in [0.1, 0.15) is 5.82 Å². The Bertz CT molecular complexity index is 718. The number of aromatic hydroxyl groups is 2. The molecular weight excluding hydrogens is 313 g/mol. The van der Waals surface area contributed by atoms with E-state index >= 15 is 0 Å². The van der Waals surface area contributed by atoms with Crippen LogP contribution in [0.25, 0.3) is 0 Å². The molecule has 128 valence electrons. The van der Waals surface area contributed by atoms with E-state index in [-0.39, 0.29) is 23.8 Å². The molecule has 0 aliphatic heterocycles. The molecule has 0 atom stereocenters. The van der Waals surface area contributed by atoms with Crippen LogP contribution in [-0.2, 0) is 13.0 Å². The molecule has 1 aromatic carbocycles. The Morgan fingerprint density at radius 1 is 1.25 bits per heavy atom. The maximum atomic E-state index is 12.9. The van der Waals surface area contributed by atoms with Gasteiger partial charge in [-0.1, -0.05) is 12.1 Å². The van der Waals surface area contributed by atoms with Crippen LogP contribution < -0.4 is 5.32 Å². The van der Waals surface area contributed by atoms with Crippen LogP contribution in [0.4, 0.5) is 4.39 Å². The van der Waals surface area contributed by atoms with Gasteiger partial charge in [0.25, 0.3) is 5.91 Å². The summed E-state index contributed by atoms with van der Waals surface area (Å²) in [6.07, 6.45) is 0.527. The molecule has 2 aromatic rings. The number of nitrogens with one attached hydrogen (secondary N) is 1. The highest BCUT2D eigenvalue weighted by molar-refractivity contribution is 5.95. The Morgan fingerprint density at radius 3 is 2.54 bits per heavy atom. The van der Waals surface area contributed by atoms with Crippen molar-refractivity contribution in [1.29, 1.82) is 0 Å². The number of benzene rings is 1. The summed E-state index contributed by atoms with van der Waals surface area (Å²) >= 11 is 0. The lowest BCUT2D eigenvalue weighted by molar-refractivity contribution is 0.0942. The maximum Gasteiger partial charge on any atom is 0.274 e. The topological polar surface area (TPSA) is 85.7 Å². The van der Waals surface area contributed by atoms with Gasteiger partial charge in [0, 0.05) is 31.3 Å². The fourth-order valence-electron chi connectivity index (χ4n) is 2.07. The van der Waals surface area contributed by atoms with Gasteiger partial charge in [0.2, 0.25) is 0 Å². The molecule has 24 heavy (non-hydrogen) atoms. The average molecular weight is 333 g/mol. The van der Waals surface area contributed by atoms with Gasteiger partial charge in [0.15, 0.2) is 17.2 Å². The quantitative estimate of drug-likeness (QED) is 0.749. The molecule has 0 aliphatic rings. The molecule has 0 bridgehead atoms. The second kappa shape index (κ2) is 7.74. The van der Waals surface area contributed by atoms with Crippen molar-refractivity contribution in [3.8, 4) is 11.5 Å². The fraction of sp³-hybridized carbons (Fsp3) is 0.294. The predicted molar refractivity (Wildman–Crippen MR) is 87.4 cm³/mol. The van der Waals surface area contributed by atoms with Crippen LogP contribution in [0.2, 0.25) is 0 Å². The lowest BCUT2D eigenvalue weighted by Gasteiger charge is -2.12. The molecule has 0 unspecified atom stereocenters. The highest BCUT2D eigenvalue weighted by atomic mass is 19.1. The number of hydrogen-bond acceptors (Lipinski definition) is 5. The van der Waals surface area contributed by atoms with Gasteiger partial charge in [0.05, 0.1) is 0 Å². The van der Waals surface area contributed by atoms with E-state index < -0.39 is 11.7 Å². The number of carbonyl (C=O) groups is 1. The number of hydrogen-bond donors (Lipinski definition) is 3. The Labute approximate surface area is 139 Å². The van der Waals surface area contributed by atoms with Crippen molar-refractivity contribution >= 4 is 5.91 Å². The number of amides is 1. The zero-order chi connectivity index (χ0) is 17.7. The molecule has 0 saturated heterocycles. The second-order valence-corrected chi connectivity index (χ2v) is 5.69. The van der Waals surface area contributed by atoms with Gasteiger partial charge in [-0.2, -0.15) is 0 Å². The maximum absolute atomic E-state index is 12.9. The van der Waals surface area contributed by atoms with Crippen LogP contribution in [-0.4, -0.2) is 46.6 Å². The van der Waals surface area contributed by atoms with E-state index in [9.17, 15) is 19.4 Å². The van der Waals surface area contributed by atoms with Crippen LogP contribution in [0.1, 0.15) is 21.7 Å². The van der Waals surface area contributed by atoms with Gasteiger partial charge < -0.3 is 20.4 Å². The monoisotopic (exact) mass is 333 g/mol.